The Morgan fingerprint density at radius 1 is 1.12 bits per heavy atom. The minimum atomic E-state index is 0.125. The summed E-state index contributed by atoms with van der Waals surface area (Å²) in [5.74, 6) is 0.435. The maximum absolute atomic E-state index is 5.97. The Bertz CT molecular complexity index is 562. The molecule has 0 saturated heterocycles. The summed E-state index contributed by atoms with van der Waals surface area (Å²) < 4.78 is 0.816. The lowest BCUT2D eigenvalue weighted by molar-refractivity contribution is 1.17. The van der Waals surface area contributed by atoms with Gasteiger partial charge in [-0.25, -0.2) is 4.98 Å². The van der Waals surface area contributed by atoms with Crippen molar-refractivity contribution in [1.29, 1.82) is 0 Å². The van der Waals surface area contributed by atoms with Gasteiger partial charge < -0.3 is 5.32 Å². The van der Waals surface area contributed by atoms with Gasteiger partial charge in [0.25, 0.3) is 0 Å². The second-order valence-electron chi connectivity index (χ2n) is 3.09. The Morgan fingerprint density at radius 3 is 2.59 bits per heavy atom. The van der Waals surface area contributed by atoms with Crippen molar-refractivity contribution in [3.63, 3.8) is 0 Å². The van der Waals surface area contributed by atoms with Gasteiger partial charge in [-0.2, -0.15) is 4.98 Å². The fourth-order valence-corrected chi connectivity index (χ4v) is 1.84. The smallest absolute Gasteiger partial charge is 0.224 e. The summed E-state index contributed by atoms with van der Waals surface area (Å²) in [4.78, 5) is 7.74. The molecule has 1 aromatic heterocycles. The summed E-state index contributed by atoms with van der Waals surface area (Å²) in [6.45, 7) is 0. The molecule has 0 radical (unpaired) electrons. The Balaban J connectivity index is 2.31. The molecule has 0 aliphatic heterocycles. The van der Waals surface area contributed by atoms with E-state index in [0.717, 1.165) is 10.2 Å². The molecule has 0 bridgehead atoms. The first-order valence-corrected chi connectivity index (χ1v) is 6.39. The number of hydrogen-bond donors (Lipinski definition) is 1. The van der Waals surface area contributed by atoms with Gasteiger partial charge in [0.1, 0.15) is 5.02 Å². The molecule has 1 heterocycles. The molecule has 0 unspecified atom stereocenters. The van der Waals surface area contributed by atoms with Gasteiger partial charge in [0.2, 0.25) is 5.28 Å². The van der Waals surface area contributed by atoms with Gasteiger partial charge in [-0.3, -0.25) is 0 Å². The summed E-state index contributed by atoms with van der Waals surface area (Å²) in [5, 5.41) is 4.11. The van der Waals surface area contributed by atoms with Gasteiger partial charge in [-0.05, 0) is 45.7 Å². The summed E-state index contributed by atoms with van der Waals surface area (Å²) in [5.41, 5.74) is 0.759. The van der Waals surface area contributed by atoms with E-state index in [9.17, 15) is 0 Å². The third kappa shape index (κ3) is 3.22. The highest BCUT2D eigenvalue weighted by Gasteiger charge is 2.05. The maximum Gasteiger partial charge on any atom is 0.224 e. The highest BCUT2D eigenvalue weighted by atomic mass is 79.9. The number of hydrogen-bond acceptors (Lipinski definition) is 3. The fraction of sp³-hybridized carbons (Fsp3) is 0. The lowest BCUT2D eigenvalue weighted by atomic mass is 10.3. The molecular weight excluding hydrogens is 348 g/mol. The molecule has 1 N–H and O–H groups in total. The first-order chi connectivity index (χ1) is 8.06. The number of aromatic nitrogens is 2. The van der Waals surface area contributed by atoms with Gasteiger partial charge in [0.15, 0.2) is 5.82 Å². The maximum atomic E-state index is 5.97. The van der Waals surface area contributed by atoms with Crippen LogP contribution in [0.4, 0.5) is 11.5 Å². The van der Waals surface area contributed by atoms with Crippen LogP contribution in [0.15, 0.2) is 28.9 Å². The molecule has 0 saturated carbocycles. The van der Waals surface area contributed by atoms with E-state index >= 15 is 0 Å². The largest absolute Gasteiger partial charge is 0.339 e. The molecule has 7 heteroatoms. The number of rotatable bonds is 2. The van der Waals surface area contributed by atoms with Gasteiger partial charge in [-0.15, -0.1) is 0 Å². The first kappa shape index (κ1) is 12.9. The van der Waals surface area contributed by atoms with E-state index in [0.29, 0.717) is 15.9 Å². The van der Waals surface area contributed by atoms with Crippen molar-refractivity contribution >= 4 is 62.2 Å². The molecule has 0 spiro atoms. The molecule has 88 valence electrons. The standard InChI is InChI=1S/C10H5BrCl3N3/c11-6-2-1-5(3-7(6)12)16-9-8(13)4-15-10(14)17-9/h1-4H,(H,15,16,17). The van der Waals surface area contributed by atoms with Crippen LogP contribution in [-0.4, -0.2) is 9.97 Å². The zero-order chi connectivity index (χ0) is 12.4. The zero-order valence-electron chi connectivity index (χ0n) is 8.22. The average Bonchev–Trinajstić information content (AvgIpc) is 2.29. The predicted molar refractivity (Wildman–Crippen MR) is 74.5 cm³/mol. The third-order valence-corrected chi connectivity index (χ3v) is 3.59. The van der Waals surface area contributed by atoms with Gasteiger partial charge in [0.05, 0.1) is 11.2 Å². The quantitative estimate of drug-likeness (QED) is 0.777. The van der Waals surface area contributed by atoms with Crippen LogP contribution in [0.25, 0.3) is 0 Å². The fourth-order valence-electron chi connectivity index (χ4n) is 1.14. The number of benzene rings is 1. The van der Waals surface area contributed by atoms with Crippen LogP contribution >= 0.6 is 50.7 Å². The van der Waals surface area contributed by atoms with Crippen LogP contribution in [0.3, 0.4) is 0 Å². The summed E-state index contributed by atoms with van der Waals surface area (Å²) in [6.07, 6.45) is 1.43. The number of halogens is 4. The molecule has 0 fully saturated rings. The number of nitrogens with one attached hydrogen (secondary N) is 1. The molecule has 3 nitrogen and oxygen atoms in total. The van der Waals surface area contributed by atoms with Crippen LogP contribution < -0.4 is 5.32 Å². The Kier molecular flexibility index (Phi) is 4.09. The Labute approximate surface area is 121 Å². The van der Waals surface area contributed by atoms with Crippen molar-refractivity contribution in [2.24, 2.45) is 0 Å². The highest BCUT2D eigenvalue weighted by molar-refractivity contribution is 9.10. The Morgan fingerprint density at radius 2 is 1.88 bits per heavy atom. The normalized spacial score (nSPS) is 10.4. The third-order valence-electron chi connectivity index (χ3n) is 1.90. The molecule has 0 atom stereocenters. The van der Waals surface area contributed by atoms with E-state index in [1.807, 2.05) is 12.1 Å². The predicted octanol–water partition coefficient (Wildman–Crippen LogP) is 4.94. The molecule has 0 amide bonds. The molecule has 17 heavy (non-hydrogen) atoms. The van der Waals surface area contributed by atoms with E-state index in [-0.39, 0.29) is 5.28 Å². The minimum Gasteiger partial charge on any atom is -0.339 e. The van der Waals surface area contributed by atoms with Crippen molar-refractivity contribution in [3.05, 3.63) is 44.2 Å². The van der Waals surface area contributed by atoms with Crippen molar-refractivity contribution in [2.75, 3.05) is 5.32 Å². The molecule has 0 aliphatic rings. The average molecular weight is 353 g/mol. The van der Waals surface area contributed by atoms with Crippen LogP contribution in [0.5, 0.6) is 0 Å². The SMILES string of the molecule is Clc1ncc(Cl)c(Nc2ccc(Br)c(Cl)c2)n1. The zero-order valence-corrected chi connectivity index (χ0v) is 12.1. The second-order valence-corrected chi connectivity index (χ2v) is 5.10. The molecule has 2 rings (SSSR count). The van der Waals surface area contributed by atoms with Crippen molar-refractivity contribution in [1.82, 2.24) is 9.97 Å². The van der Waals surface area contributed by atoms with Gasteiger partial charge >= 0.3 is 0 Å². The second kappa shape index (κ2) is 5.40. The van der Waals surface area contributed by atoms with Crippen molar-refractivity contribution < 1.29 is 0 Å². The summed E-state index contributed by atoms with van der Waals surface area (Å²) in [7, 11) is 0. The monoisotopic (exact) mass is 351 g/mol. The van der Waals surface area contributed by atoms with E-state index in [2.05, 4.69) is 31.2 Å². The van der Waals surface area contributed by atoms with Crippen molar-refractivity contribution in [2.45, 2.75) is 0 Å². The number of anilines is 2. The topological polar surface area (TPSA) is 37.8 Å². The molecule has 2 aromatic rings. The highest BCUT2D eigenvalue weighted by Crippen LogP contribution is 2.29. The van der Waals surface area contributed by atoms with Crippen LogP contribution in [0, 0.1) is 0 Å². The lowest BCUT2D eigenvalue weighted by Gasteiger charge is -2.08. The number of nitrogens with zero attached hydrogens (tertiary/aromatic N) is 2. The van der Waals surface area contributed by atoms with Gasteiger partial charge in [0, 0.05) is 10.2 Å². The van der Waals surface area contributed by atoms with Crippen LogP contribution in [0.2, 0.25) is 15.3 Å². The van der Waals surface area contributed by atoms with Gasteiger partial charge in [-0.1, -0.05) is 23.2 Å². The lowest BCUT2D eigenvalue weighted by Crippen LogP contribution is -1.96. The molecule has 0 aliphatic carbocycles. The van der Waals surface area contributed by atoms with E-state index in [4.69, 9.17) is 34.8 Å². The summed E-state index contributed by atoms with van der Waals surface area (Å²) in [6, 6.07) is 5.40. The minimum absolute atomic E-state index is 0.125. The van der Waals surface area contributed by atoms with Crippen molar-refractivity contribution in [3.8, 4) is 0 Å². The Hall–Kier alpha value is -0.550. The first-order valence-electron chi connectivity index (χ1n) is 4.46. The van der Waals surface area contributed by atoms with E-state index < -0.39 is 0 Å². The van der Waals surface area contributed by atoms with Crippen LogP contribution in [-0.2, 0) is 0 Å². The van der Waals surface area contributed by atoms with E-state index in [1.165, 1.54) is 6.20 Å². The molecular formula is C10H5BrCl3N3. The van der Waals surface area contributed by atoms with Crippen LogP contribution in [0.1, 0.15) is 0 Å². The van der Waals surface area contributed by atoms with E-state index in [1.54, 1.807) is 6.07 Å². The molecule has 1 aromatic carbocycles. The summed E-state index contributed by atoms with van der Waals surface area (Å²) >= 11 is 20.9.